The van der Waals surface area contributed by atoms with E-state index in [9.17, 15) is 0 Å². The highest BCUT2D eigenvalue weighted by Crippen LogP contribution is 2.43. The van der Waals surface area contributed by atoms with Crippen molar-refractivity contribution in [1.82, 2.24) is 5.32 Å². The van der Waals surface area contributed by atoms with Gasteiger partial charge < -0.3 is 10.1 Å². The number of ether oxygens (including phenoxy) is 1. The van der Waals surface area contributed by atoms with Crippen molar-refractivity contribution in [2.45, 2.75) is 76.9 Å². The average Bonchev–Trinajstić information content (AvgIpc) is 2.98. The van der Waals surface area contributed by atoms with Crippen LogP contribution in [0.15, 0.2) is 0 Å². The maximum absolute atomic E-state index is 6.32. The van der Waals surface area contributed by atoms with Gasteiger partial charge in [-0.3, -0.25) is 0 Å². The van der Waals surface area contributed by atoms with Gasteiger partial charge in [-0.15, -0.1) is 11.6 Å². The van der Waals surface area contributed by atoms with Crippen LogP contribution in [-0.4, -0.2) is 30.7 Å². The van der Waals surface area contributed by atoms with Crippen LogP contribution in [0, 0.1) is 5.41 Å². The van der Waals surface area contributed by atoms with Gasteiger partial charge in [-0.2, -0.15) is 0 Å². The van der Waals surface area contributed by atoms with Crippen LogP contribution >= 0.6 is 11.6 Å². The lowest BCUT2D eigenvalue weighted by Crippen LogP contribution is -2.36. The second-order valence-electron chi connectivity index (χ2n) is 7.26. The Bertz CT molecular complexity index is 274. The van der Waals surface area contributed by atoms with Gasteiger partial charge in [0.05, 0.1) is 11.7 Å². The summed E-state index contributed by atoms with van der Waals surface area (Å²) in [5.41, 5.74) is 0.624. The van der Waals surface area contributed by atoms with Gasteiger partial charge in [0, 0.05) is 19.0 Å². The van der Waals surface area contributed by atoms with Gasteiger partial charge in [0.1, 0.15) is 0 Å². The Morgan fingerprint density at radius 3 is 2.68 bits per heavy atom. The van der Waals surface area contributed by atoms with Crippen molar-refractivity contribution in [2.75, 3.05) is 19.0 Å². The monoisotopic (exact) mass is 287 g/mol. The molecule has 2 rings (SSSR count). The van der Waals surface area contributed by atoms with Gasteiger partial charge in [0.25, 0.3) is 0 Å². The SMILES string of the molecule is CC(C)(CCCCl)CNCC1CCC2(CCCC2)O1. The second kappa shape index (κ2) is 6.78. The predicted octanol–water partition coefficient (Wildman–Crippen LogP) is 4.11. The number of nitrogens with one attached hydrogen (secondary N) is 1. The van der Waals surface area contributed by atoms with Crippen molar-refractivity contribution in [3.63, 3.8) is 0 Å². The Hall–Kier alpha value is 0.210. The van der Waals surface area contributed by atoms with Crippen LogP contribution in [0.3, 0.4) is 0 Å². The summed E-state index contributed by atoms with van der Waals surface area (Å²) in [7, 11) is 0. The van der Waals surface area contributed by atoms with E-state index in [-0.39, 0.29) is 5.60 Å². The fraction of sp³-hybridized carbons (Fsp3) is 1.00. The Kier molecular flexibility index (Phi) is 5.56. The number of alkyl halides is 1. The molecule has 1 aliphatic heterocycles. The standard InChI is InChI=1S/C16H30ClNO/c1-15(2,7-5-11-17)13-18-12-14-6-10-16(19-14)8-3-4-9-16/h14,18H,3-13H2,1-2H3. The first-order chi connectivity index (χ1) is 9.05. The summed E-state index contributed by atoms with van der Waals surface area (Å²) in [6, 6.07) is 0. The molecule has 0 aromatic rings. The number of rotatable bonds is 7. The largest absolute Gasteiger partial charge is 0.370 e. The third-order valence-corrected chi connectivity index (χ3v) is 5.08. The molecule has 3 heteroatoms. The summed E-state index contributed by atoms with van der Waals surface area (Å²) in [6.07, 6.45) is 10.6. The van der Waals surface area contributed by atoms with Crippen LogP contribution in [-0.2, 0) is 4.74 Å². The molecule has 0 amide bonds. The van der Waals surface area contributed by atoms with Crippen LogP contribution in [0.2, 0.25) is 0 Å². The molecule has 1 aliphatic carbocycles. The van der Waals surface area contributed by atoms with Gasteiger partial charge in [0.15, 0.2) is 0 Å². The minimum absolute atomic E-state index is 0.278. The number of hydrogen-bond donors (Lipinski definition) is 1. The molecule has 1 atom stereocenters. The zero-order valence-electron chi connectivity index (χ0n) is 12.6. The summed E-state index contributed by atoms with van der Waals surface area (Å²) in [5.74, 6) is 0.775. The van der Waals surface area contributed by atoms with Crippen molar-refractivity contribution < 1.29 is 4.74 Å². The highest BCUT2D eigenvalue weighted by atomic mass is 35.5. The fourth-order valence-electron chi connectivity index (χ4n) is 3.63. The van der Waals surface area contributed by atoms with E-state index in [1.54, 1.807) is 0 Å². The molecule has 2 fully saturated rings. The molecule has 0 bridgehead atoms. The number of halogens is 1. The topological polar surface area (TPSA) is 21.3 Å². The van der Waals surface area contributed by atoms with E-state index in [2.05, 4.69) is 19.2 Å². The molecule has 1 unspecified atom stereocenters. The van der Waals surface area contributed by atoms with Gasteiger partial charge in [-0.05, 0) is 43.9 Å². The van der Waals surface area contributed by atoms with Gasteiger partial charge in [0.2, 0.25) is 0 Å². The first-order valence-corrected chi connectivity index (χ1v) is 8.53. The lowest BCUT2D eigenvalue weighted by molar-refractivity contribution is -0.0356. The predicted molar refractivity (Wildman–Crippen MR) is 81.9 cm³/mol. The smallest absolute Gasteiger partial charge is 0.0708 e. The van der Waals surface area contributed by atoms with Crippen LogP contribution in [0.25, 0.3) is 0 Å². The highest BCUT2D eigenvalue weighted by molar-refractivity contribution is 6.17. The van der Waals surface area contributed by atoms with Gasteiger partial charge in [-0.1, -0.05) is 26.7 Å². The van der Waals surface area contributed by atoms with Crippen LogP contribution < -0.4 is 5.32 Å². The minimum atomic E-state index is 0.278. The second-order valence-corrected chi connectivity index (χ2v) is 7.63. The van der Waals surface area contributed by atoms with Crippen molar-refractivity contribution in [3.8, 4) is 0 Å². The van der Waals surface area contributed by atoms with E-state index in [0.717, 1.165) is 25.4 Å². The Morgan fingerprint density at radius 2 is 2.00 bits per heavy atom. The zero-order chi connectivity index (χ0) is 13.8. The summed E-state index contributed by atoms with van der Waals surface area (Å²) in [6.45, 7) is 6.73. The van der Waals surface area contributed by atoms with Crippen LogP contribution in [0.4, 0.5) is 0 Å². The average molecular weight is 288 g/mol. The van der Waals surface area contributed by atoms with Gasteiger partial charge in [-0.25, -0.2) is 0 Å². The van der Waals surface area contributed by atoms with Crippen molar-refractivity contribution in [3.05, 3.63) is 0 Å². The molecular weight excluding hydrogens is 258 g/mol. The van der Waals surface area contributed by atoms with E-state index in [1.807, 2.05) is 0 Å². The normalized spacial score (nSPS) is 26.4. The summed E-state index contributed by atoms with van der Waals surface area (Å²) < 4.78 is 6.32. The molecule has 0 aromatic carbocycles. The molecule has 112 valence electrons. The zero-order valence-corrected chi connectivity index (χ0v) is 13.4. The maximum Gasteiger partial charge on any atom is 0.0708 e. The fourth-order valence-corrected chi connectivity index (χ4v) is 3.77. The maximum atomic E-state index is 6.32. The first kappa shape index (κ1) is 15.6. The lowest BCUT2D eigenvalue weighted by atomic mass is 9.88. The van der Waals surface area contributed by atoms with E-state index in [0.29, 0.717) is 11.5 Å². The molecule has 0 radical (unpaired) electrons. The van der Waals surface area contributed by atoms with Crippen molar-refractivity contribution in [1.29, 1.82) is 0 Å². The van der Waals surface area contributed by atoms with Gasteiger partial charge >= 0.3 is 0 Å². The lowest BCUT2D eigenvalue weighted by Gasteiger charge is -2.27. The third-order valence-electron chi connectivity index (χ3n) is 4.82. The summed E-state index contributed by atoms with van der Waals surface area (Å²) in [5, 5.41) is 3.61. The molecule has 1 saturated heterocycles. The molecule has 19 heavy (non-hydrogen) atoms. The summed E-state index contributed by atoms with van der Waals surface area (Å²) >= 11 is 5.77. The minimum Gasteiger partial charge on any atom is -0.370 e. The highest BCUT2D eigenvalue weighted by Gasteiger charge is 2.41. The molecule has 2 aliphatic rings. The van der Waals surface area contributed by atoms with E-state index in [1.165, 1.54) is 44.9 Å². The third kappa shape index (κ3) is 4.61. The molecule has 1 N–H and O–H groups in total. The molecular formula is C16H30ClNO. The van der Waals surface area contributed by atoms with E-state index < -0.39 is 0 Å². The van der Waals surface area contributed by atoms with E-state index >= 15 is 0 Å². The molecule has 1 spiro atoms. The molecule has 1 heterocycles. The Labute approximate surface area is 123 Å². The summed E-state index contributed by atoms with van der Waals surface area (Å²) in [4.78, 5) is 0. The Morgan fingerprint density at radius 1 is 1.26 bits per heavy atom. The van der Waals surface area contributed by atoms with Crippen LogP contribution in [0.1, 0.15) is 65.2 Å². The Balaban J connectivity index is 1.64. The quantitative estimate of drug-likeness (QED) is 0.712. The first-order valence-electron chi connectivity index (χ1n) is 8.00. The van der Waals surface area contributed by atoms with Crippen molar-refractivity contribution >= 4 is 11.6 Å². The molecule has 2 nitrogen and oxygen atoms in total. The van der Waals surface area contributed by atoms with Crippen molar-refractivity contribution in [2.24, 2.45) is 5.41 Å². The number of hydrogen-bond acceptors (Lipinski definition) is 2. The van der Waals surface area contributed by atoms with E-state index in [4.69, 9.17) is 16.3 Å². The van der Waals surface area contributed by atoms with Crippen LogP contribution in [0.5, 0.6) is 0 Å². The molecule has 1 saturated carbocycles. The molecule has 0 aromatic heterocycles.